The van der Waals surface area contributed by atoms with Crippen LogP contribution in [0.15, 0.2) is 72.8 Å². The van der Waals surface area contributed by atoms with Gasteiger partial charge < -0.3 is 21.9 Å². The van der Waals surface area contributed by atoms with Crippen LogP contribution in [0.3, 0.4) is 0 Å². The fraction of sp³-hybridized carbons (Fsp3) is 0.179. The van der Waals surface area contributed by atoms with Crippen molar-refractivity contribution in [3.05, 3.63) is 106 Å². The number of hydrogen-bond acceptors (Lipinski definition) is 5. The highest BCUT2D eigenvalue weighted by atomic mass is 16.3. The second kappa shape index (κ2) is 9.31. The summed E-state index contributed by atoms with van der Waals surface area (Å²) in [5.74, 6) is -0.644. The maximum Gasteiger partial charge on any atom is 0.254 e. The van der Waals surface area contributed by atoms with E-state index in [1.54, 1.807) is 10.7 Å². The van der Waals surface area contributed by atoms with Crippen LogP contribution in [0.25, 0.3) is 11.3 Å². The van der Waals surface area contributed by atoms with Crippen LogP contribution in [-0.2, 0) is 6.54 Å². The fourth-order valence-corrected chi connectivity index (χ4v) is 4.83. The van der Waals surface area contributed by atoms with Crippen LogP contribution in [0.1, 0.15) is 61.5 Å². The summed E-state index contributed by atoms with van der Waals surface area (Å²) in [5.41, 5.74) is 17.5. The molecule has 0 saturated heterocycles. The first-order valence-corrected chi connectivity index (χ1v) is 11.7. The molecule has 1 aromatic heterocycles. The molecule has 0 radical (unpaired) electrons. The van der Waals surface area contributed by atoms with E-state index in [-0.39, 0.29) is 23.3 Å². The molecule has 2 unspecified atom stereocenters. The third-order valence-corrected chi connectivity index (χ3v) is 6.72. The van der Waals surface area contributed by atoms with Crippen molar-refractivity contribution in [3.8, 4) is 11.3 Å². The molecule has 8 heteroatoms. The van der Waals surface area contributed by atoms with Gasteiger partial charge >= 0.3 is 0 Å². The Morgan fingerprint density at radius 2 is 1.69 bits per heavy atom. The van der Waals surface area contributed by atoms with Crippen molar-refractivity contribution in [1.29, 1.82) is 0 Å². The Hall–Kier alpha value is -4.43. The van der Waals surface area contributed by atoms with Crippen molar-refractivity contribution in [1.82, 2.24) is 15.1 Å². The molecule has 0 fully saturated rings. The molecule has 182 valence electrons. The highest BCUT2D eigenvalue weighted by Gasteiger charge is 2.34. The number of nitrogen functional groups attached to an aromatic ring is 1. The minimum absolute atomic E-state index is 0.140. The third-order valence-electron chi connectivity index (χ3n) is 6.72. The number of aryl methyl sites for hydroxylation is 1. The predicted octanol–water partition coefficient (Wildman–Crippen LogP) is 3.50. The number of carbonyl (C=O) groups is 2. The Bertz CT molecular complexity index is 1460. The molecule has 0 aliphatic heterocycles. The van der Waals surface area contributed by atoms with Gasteiger partial charge in [-0.2, -0.15) is 5.10 Å². The number of carbonyl (C=O) groups excluding carboxylic acids is 2. The maximum absolute atomic E-state index is 12.5. The molecule has 36 heavy (non-hydrogen) atoms. The lowest BCUT2D eigenvalue weighted by molar-refractivity contribution is 0.0949. The molecular weight excluding hydrogens is 454 g/mol. The first-order chi connectivity index (χ1) is 17.3. The summed E-state index contributed by atoms with van der Waals surface area (Å²) in [6.45, 7) is 2.25. The molecule has 0 spiro atoms. The largest absolute Gasteiger partial charge is 0.388 e. The molecule has 2 atom stereocenters. The average molecular weight is 482 g/mol. The second-order valence-electron chi connectivity index (χ2n) is 9.01. The SMILES string of the molecule is Cc1ccccc1C(=O)NCc1ccc(-c2nn(C3CC(O)c4ccccc43)c(N)c2C(N)=O)cc1. The number of anilines is 1. The monoisotopic (exact) mass is 481 g/mol. The number of nitrogens with zero attached hydrogens (tertiary/aromatic N) is 2. The van der Waals surface area contributed by atoms with E-state index in [1.807, 2.05) is 73.7 Å². The molecule has 3 aromatic carbocycles. The van der Waals surface area contributed by atoms with Crippen LogP contribution < -0.4 is 16.8 Å². The highest BCUT2D eigenvalue weighted by Crippen LogP contribution is 2.43. The number of aliphatic hydroxyl groups is 1. The van der Waals surface area contributed by atoms with Crippen LogP contribution >= 0.6 is 0 Å². The van der Waals surface area contributed by atoms with E-state index in [4.69, 9.17) is 11.5 Å². The Balaban J connectivity index is 1.41. The van der Waals surface area contributed by atoms with Crippen molar-refractivity contribution < 1.29 is 14.7 Å². The van der Waals surface area contributed by atoms with E-state index < -0.39 is 12.0 Å². The van der Waals surface area contributed by atoms with E-state index in [9.17, 15) is 14.7 Å². The molecule has 5 rings (SSSR count). The van der Waals surface area contributed by atoms with Crippen molar-refractivity contribution in [3.63, 3.8) is 0 Å². The predicted molar refractivity (Wildman–Crippen MR) is 137 cm³/mol. The molecule has 4 aromatic rings. The number of aliphatic hydroxyl groups excluding tert-OH is 1. The van der Waals surface area contributed by atoms with Gasteiger partial charge in [-0.25, -0.2) is 4.68 Å². The number of rotatable bonds is 6. The maximum atomic E-state index is 12.5. The summed E-state index contributed by atoms with van der Waals surface area (Å²) >= 11 is 0. The average Bonchev–Trinajstić information content (AvgIpc) is 3.40. The minimum Gasteiger partial charge on any atom is -0.388 e. The quantitative estimate of drug-likeness (QED) is 0.334. The van der Waals surface area contributed by atoms with E-state index >= 15 is 0 Å². The van der Waals surface area contributed by atoms with Crippen molar-refractivity contribution in [2.75, 3.05) is 5.73 Å². The van der Waals surface area contributed by atoms with Gasteiger partial charge in [0.15, 0.2) is 0 Å². The molecule has 0 bridgehead atoms. The Morgan fingerprint density at radius 1 is 1.03 bits per heavy atom. The van der Waals surface area contributed by atoms with Gasteiger partial charge in [0.25, 0.3) is 11.8 Å². The summed E-state index contributed by atoms with van der Waals surface area (Å²) in [5, 5.41) is 18.1. The number of primary amides is 1. The first kappa shape index (κ1) is 23.3. The number of nitrogens with two attached hydrogens (primary N) is 2. The molecule has 1 aliphatic carbocycles. The van der Waals surface area contributed by atoms with Crippen molar-refractivity contribution in [2.45, 2.75) is 32.0 Å². The molecule has 6 N–H and O–H groups in total. The summed E-state index contributed by atoms with van der Waals surface area (Å²) in [7, 11) is 0. The smallest absolute Gasteiger partial charge is 0.254 e. The third kappa shape index (κ3) is 4.12. The molecule has 1 heterocycles. The second-order valence-corrected chi connectivity index (χ2v) is 9.01. The standard InChI is InChI=1S/C28H27N5O3/c1-16-6-2-3-7-19(16)28(36)31-15-17-10-12-18(13-11-17)25-24(27(30)35)26(29)33(32-25)22-14-23(34)21-9-5-4-8-20(21)22/h2-13,22-23,34H,14-15,29H2,1H3,(H2,30,35)(H,31,36). The lowest BCUT2D eigenvalue weighted by Crippen LogP contribution is -2.23. The Kier molecular flexibility index (Phi) is 6.03. The molecule has 8 nitrogen and oxygen atoms in total. The van der Waals surface area contributed by atoms with Crippen LogP contribution in [0.5, 0.6) is 0 Å². The molecule has 1 aliphatic rings. The lowest BCUT2D eigenvalue weighted by atomic mass is 10.0. The number of benzene rings is 3. The van der Waals surface area contributed by atoms with Gasteiger partial charge in [-0.3, -0.25) is 9.59 Å². The Morgan fingerprint density at radius 3 is 2.39 bits per heavy atom. The zero-order chi connectivity index (χ0) is 25.4. The Labute approximate surface area is 208 Å². The van der Waals surface area contributed by atoms with Crippen LogP contribution in [0.2, 0.25) is 0 Å². The number of nitrogens with one attached hydrogen (secondary N) is 1. The number of amides is 2. The minimum atomic E-state index is -0.671. The topological polar surface area (TPSA) is 136 Å². The van der Waals surface area contributed by atoms with Crippen LogP contribution in [-0.4, -0.2) is 26.7 Å². The van der Waals surface area contributed by atoms with Gasteiger partial charge in [0.05, 0.1) is 12.1 Å². The van der Waals surface area contributed by atoms with Gasteiger partial charge in [0, 0.05) is 24.1 Å². The zero-order valence-electron chi connectivity index (χ0n) is 19.8. The van der Waals surface area contributed by atoms with Gasteiger partial charge in [-0.15, -0.1) is 0 Å². The van der Waals surface area contributed by atoms with Gasteiger partial charge in [0.2, 0.25) is 0 Å². The van der Waals surface area contributed by atoms with Crippen LogP contribution in [0, 0.1) is 6.92 Å². The number of hydrogen-bond donors (Lipinski definition) is 4. The highest BCUT2D eigenvalue weighted by molar-refractivity contribution is 6.03. The fourth-order valence-electron chi connectivity index (χ4n) is 4.83. The van der Waals surface area contributed by atoms with Crippen LogP contribution in [0.4, 0.5) is 5.82 Å². The molecule has 0 saturated carbocycles. The summed E-state index contributed by atoms with van der Waals surface area (Å²) in [4.78, 5) is 24.9. The van der Waals surface area contributed by atoms with E-state index in [0.717, 1.165) is 22.3 Å². The van der Waals surface area contributed by atoms with Gasteiger partial charge in [-0.1, -0.05) is 66.7 Å². The van der Waals surface area contributed by atoms with Gasteiger partial charge in [0.1, 0.15) is 17.1 Å². The van der Waals surface area contributed by atoms with Crippen molar-refractivity contribution in [2.24, 2.45) is 5.73 Å². The molecule has 2 amide bonds. The van der Waals surface area contributed by atoms with Gasteiger partial charge in [-0.05, 0) is 35.2 Å². The number of fused-ring (bicyclic) bond motifs is 1. The summed E-state index contributed by atoms with van der Waals surface area (Å²) < 4.78 is 1.58. The normalized spacial score (nSPS) is 16.5. The lowest BCUT2D eigenvalue weighted by Gasteiger charge is -2.14. The van der Waals surface area contributed by atoms with E-state index in [0.29, 0.717) is 29.8 Å². The van der Waals surface area contributed by atoms with E-state index in [2.05, 4.69) is 10.4 Å². The number of aromatic nitrogens is 2. The van der Waals surface area contributed by atoms with Crippen molar-refractivity contribution >= 4 is 17.6 Å². The van der Waals surface area contributed by atoms with E-state index in [1.165, 1.54) is 0 Å². The zero-order valence-corrected chi connectivity index (χ0v) is 19.8. The summed E-state index contributed by atoms with van der Waals surface area (Å²) in [6.07, 6.45) is -0.230. The summed E-state index contributed by atoms with van der Waals surface area (Å²) in [6, 6.07) is 22.1. The molecular formula is C28H27N5O3. The first-order valence-electron chi connectivity index (χ1n) is 11.7.